The molecule has 0 saturated carbocycles. The average molecular weight is 1090 g/mol. The third-order valence-corrected chi connectivity index (χ3v) is 12.4. The Bertz CT molecular complexity index is 3210. The summed E-state index contributed by atoms with van der Waals surface area (Å²) in [6, 6.07) is 34.3. The van der Waals surface area contributed by atoms with Gasteiger partial charge in [-0.25, -0.2) is 0 Å². The maximum Gasteiger partial charge on any atom is 0.193 e. The molecule has 0 atom stereocenters. The Kier molecular flexibility index (Phi) is 25.4. The first-order valence-electron chi connectivity index (χ1n) is 26.3. The number of pyridine rings is 2. The molecule has 4 heterocycles. The molecular weight excluding hydrogens is 1010 g/mol. The van der Waals surface area contributed by atoms with Gasteiger partial charge in [-0.1, -0.05) is 24.3 Å². The number of benzene rings is 4. The fourth-order valence-corrected chi connectivity index (χ4v) is 8.26. The van der Waals surface area contributed by atoms with Crippen LogP contribution in [0.15, 0.2) is 146 Å². The fraction of sp³-hybridized carbons (Fsp3) is 0.355. The van der Waals surface area contributed by atoms with Crippen molar-refractivity contribution in [2.24, 2.45) is 5.73 Å². The van der Waals surface area contributed by atoms with Gasteiger partial charge >= 0.3 is 0 Å². The first-order valence-corrected chi connectivity index (χ1v) is 26.3. The molecule has 0 aliphatic rings. The minimum absolute atomic E-state index is 0.0516. The van der Waals surface area contributed by atoms with E-state index in [1.807, 2.05) is 98.9 Å². The lowest BCUT2D eigenvalue weighted by Gasteiger charge is -2.24. The Morgan fingerprint density at radius 2 is 1.05 bits per heavy atom. The van der Waals surface area contributed by atoms with Crippen LogP contribution in [0.2, 0.25) is 0 Å². The van der Waals surface area contributed by atoms with Crippen molar-refractivity contribution in [3.05, 3.63) is 176 Å². The van der Waals surface area contributed by atoms with Gasteiger partial charge in [-0.05, 0) is 99.6 Å². The number of ether oxygens (including phenoxy) is 8. The standard InChI is InChI=1S/C42H51N3O8.C19H19NO4.CH3F/c1-30-27-44-37(32(3)42(30)52-22-9-20-48-5)29-45(28-36-31(2)39(16-17-43-36)51-21-8-19-47-4)18-23-49-24-25-50-34-14-12-33(13-15-34)41-26-38(46)35-10-6-7-11-40(35)53-41;20-9-10-22-11-12-23-15-7-5-14(6-8-15)19-13-17(21)16-3-1-2-4-18(16)24-19;1-2/h6-7,10-17,26-27H,8-9,18-25,28-29H2,1-5H3;1-8,13H,9-12,20H2;1H3. The highest BCUT2D eigenvalue weighted by Gasteiger charge is 2.18. The summed E-state index contributed by atoms with van der Waals surface area (Å²) in [7, 11) is 3.89. The van der Waals surface area contributed by atoms with E-state index in [2.05, 4.69) is 11.8 Å². The Hall–Kier alpha value is -7.51. The first kappa shape index (κ1) is 60.7. The van der Waals surface area contributed by atoms with Crippen molar-refractivity contribution in [3.8, 4) is 45.6 Å². The van der Waals surface area contributed by atoms with Gasteiger partial charge < -0.3 is 52.5 Å². The molecule has 0 amide bonds. The summed E-state index contributed by atoms with van der Waals surface area (Å²) >= 11 is 0. The van der Waals surface area contributed by atoms with Crippen LogP contribution in [0.5, 0.6) is 23.0 Å². The van der Waals surface area contributed by atoms with E-state index in [0.29, 0.717) is 139 Å². The number of nitrogens with zero attached hydrogens (tertiary/aromatic N) is 3. The van der Waals surface area contributed by atoms with Crippen LogP contribution in [-0.4, -0.2) is 115 Å². The van der Waals surface area contributed by atoms with Gasteiger partial charge in [-0.15, -0.1) is 0 Å². The smallest absolute Gasteiger partial charge is 0.193 e. The van der Waals surface area contributed by atoms with Crippen molar-refractivity contribution >= 4 is 21.9 Å². The number of alkyl halides is 1. The highest BCUT2D eigenvalue weighted by atomic mass is 19.1. The lowest BCUT2D eigenvalue weighted by molar-refractivity contribution is 0.0752. The van der Waals surface area contributed by atoms with Crippen molar-refractivity contribution in [1.29, 1.82) is 0 Å². The molecule has 0 spiro atoms. The van der Waals surface area contributed by atoms with Crippen LogP contribution in [0.3, 0.4) is 0 Å². The van der Waals surface area contributed by atoms with Crippen molar-refractivity contribution in [3.63, 3.8) is 0 Å². The number of aryl methyl sites for hydroxylation is 1. The number of hydrogen-bond acceptors (Lipinski definition) is 16. The molecule has 4 aromatic carbocycles. The Morgan fingerprint density at radius 3 is 1.58 bits per heavy atom. The number of halogens is 1. The second-order valence-electron chi connectivity index (χ2n) is 18.0. The Balaban J connectivity index is 0.000000321. The summed E-state index contributed by atoms with van der Waals surface area (Å²) in [5, 5.41) is 1.15. The molecule has 0 radical (unpaired) electrons. The van der Waals surface area contributed by atoms with Crippen LogP contribution in [0.1, 0.15) is 40.9 Å². The molecule has 0 aliphatic carbocycles. The van der Waals surface area contributed by atoms with Gasteiger partial charge in [0.2, 0.25) is 0 Å². The second kappa shape index (κ2) is 33.0. The number of fused-ring (bicyclic) bond motifs is 2. The maximum atomic E-state index is 12.5. The number of hydrogen-bond donors (Lipinski definition) is 1. The van der Waals surface area contributed by atoms with Gasteiger partial charge in [0.05, 0.1) is 69.0 Å². The number of nitrogens with two attached hydrogens (primary N) is 1. The molecule has 0 aliphatic heterocycles. The van der Waals surface area contributed by atoms with Crippen molar-refractivity contribution in [2.75, 3.05) is 101 Å². The summed E-state index contributed by atoms with van der Waals surface area (Å²) in [6.07, 6.45) is 5.30. The zero-order valence-corrected chi connectivity index (χ0v) is 46.1. The van der Waals surface area contributed by atoms with Crippen LogP contribution in [0.4, 0.5) is 4.39 Å². The molecule has 0 fully saturated rings. The zero-order chi connectivity index (χ0) is 56.2. The van der Waals surface area contributed by atoms with E-state index in [9.17, 15) is 14.0 Å². The topological polar surface area (TPSA) is 189 Å². The summed E-state index contributed by atoms with van der Waals surface area (Å²) in [5.74, 6) is 4.19. The normalized spacial score (nSPS) is 11.0. The molecule has 0 unspecified atom stereocenters. The summed E-state index contributed by atoms with van der Waals surface area (Å²) in [5.41, 5.74) is 12.9. The van der Waals surface area contributed by atoms with E-state index >= 15 is 0 Å². The quantitative estimate of drug-likeness (QED) is 0.0436. The largest absolute Gasteiger partial charge is 0.493 e. The van der Waals surface area contributed by atoms with Gasteiger partial charge in [0.25, 0.3) is 0 Å². The van der Waals surface area contributed by atoms with Crippen molar-refractivity contribution < 1.29 is 51.1 Å². The van der Waals surface area contributed by atoms with E-state index in [1.165, 1.54) is 12.1 Å². The molecule has 420 valence electrons. The van der Waals surface area contributed by atoms with Gasteiger partial charge in [0, 0.05) is 119 Å². The molecule has 0 bridgehead atoms. The molecule has 79 heavy (non-hydrogen) atoms. The van der Waals surface area contributed by atoms with E-state index in [0.717, 1.165) is 69.3 Å². The summed E-state index contributed by atoms with van der Waals surface area (Å²) in [6.45, 7) is 13.7. The number of methoxy groups -OCH3 is 2. The molecule has 17 heteroatoms. The highest BCUT2D eigenvalue weighted by Crippen LogP contribution is 2.29. The first-order chi connectivity index (χ1) is 38.6. The lowest BCUT2D eigenvalue weighted by atomic mass is 10.1. The minimum Gasteiger partial charge on any atom is -0.493 e. The van der Waals surface area contributed by atoms with Gasteiger partial charge in [-0.2, -0.15) is 0 Å². The third-order valence-electron chi connectivity index (χ3n) is 12.4. The van der Waals surface area contributed by atoms with Crippen LogP contribution in [0.25, 0.3) is 44.6 Å². The molecule has 0 saturated heterocycles. The van der Waals surface area contributed by atoms with Crippen molar-refractivity contribution in [2.45, 2.75) is 46.7 Å². The summed E-state index contributed by atoms with van der Waals surface area (Å²) < 4.78 is 66.7. The van der Waals surface area contributed by atoms with E-state index in [4.69, 9.17) is 62.4 Å². The second-order valence-corrected chi connectivity index (χ2v) is 18.0. The van der Waals surface area contributed by atoms with Crippen molar-refractivity contribution in [1.82, 2.24) is 14.9 Å². The highest BCUT2D eigenvalue weighted by molar-refractivity contribution is 5.79. The van der Waals surface area contributed by atoms with Crippen LogP contribution >= 0.6 is 0 Å². The van der Waals surface area contributed by atoms with Gasteiger partial charge in [-0.3, -0.25) is 28.8 Å². The predicted molar refractivity (Wildman–Crippen MR) is 305 cm³/mol. The monoisotopic (exact) mass is 1080 g/mol. The van der Waals surface area contributed by atoms with Crippen LogP contribution < -0.4 is 35.5 Å². The molecule has 2 N–H and O–H groups in total. The third kappa shape index (κ3) is 18.6. The number of rotatable bonds is 29. The molecular formula is C62H73FN4O12. The fourth-order valence-electron chi connectivity index (χ4n) is 8.26. The average Bonchev–Trinajstić information content (AvgIpc) is 3.51. The minimum atomic E-state index is -0.0710. The Labute approximate surface area is 461 Å². The molecule has 16 nitrogen and oxygen atoms in total. The van der Waals surface area contributed by atoms with Gasteiger partial charge in [0.15, 0.2) is 10.9 Å². The van der Waals surface area contributed by atoms with Crippen LogP contribution in [-0.2, 0) is 32.0 Å². The summed E-state index contributed by atoms with van der Waals surface area (Å²) in [4.78, 5) is 36.5. The van der Waals surface area contributed by atoms with Gasteiger partial charge in [0.1, 0.15) is 58.9 Å². The molecule has 4 aromatic heterocycles. The van der Waals surface area contributed by atoms with E-state index in [1.54, 1.807) is 44.7 Å². The SMILES string of the molecule is CF.COCCCOc1ccnc(CN(CCOCCOc2ccc(-c3cc(=O)c4ccccc4o3)cc2)Cc2ncc(C)c(OCCCOC)c2C)c1C.NCCOCCOc1ccc(-c2cc(=O)c3ccccc3o2)cc1. The maximum absolute atomic E-state index is 12.5. The van der Waals surface area contributed by atoms with E-state index in [-0.39, 0.29) is 10.9 Å². The molecule has 8 aromatic rings. The predicted octanol–water partition coefficient (Wildman–Crippen LogP) is 10.5. The van der Waals surface area contributed by atoms with Crippen LogP contribution in [0, 0.1) is 20.8 Å². The number of aromatic nitrogens is 2. The zero-order valence-electron chi connectivity index (χ0n) is 46.1. The molecule has 8 rings (SSSR count). The Morgan fingerprint density at radius 1 is 0.544 bits per heavy atom. The number of para-hydroxylation sites is 2. The van der Waals surface area contributed by atoms with E-state index < -0.39 is 0 Å². The lowest BCUT2D eigenvalue weighted by Crippen LogP contribution is -2.29.